The molecular weight excluding hydrogens is 300 g/mol. The summed E-state index contributed by atoms with van der Waals surface area (Å²) in [6.45, 7) is 6.02. The van der Waals surface area contributed by atoms with E-state index in [4.69, 9.17) is 9.84 Å². The van der Waals surface area contributed by atoms with Crippen molar-refractivity contribution < 1.29 is 14.6 Å². The smallest absolute Gasteiger partial charge is 0.341 e. The fourth-order valence-electron chi connectivity index (χ4n) is 2.61. The molecule has 1 N–H and O–H groups in total. The molecule has 1 unspecified atom stereocenters. The van der Waals surface area contributed by atoms with E-state index in [-0.39, 0.29) is 13.2 Å². The van der Waals surface area contributed by atoms with Gasteiger partial charge < -0.3 is 9.84 Å². The highest BCUT2D eigenvalue weighted by molar-refractivity contribution is 5.87. The van der Waals surface area contributed by atoms with Gasteiger partial charge in [0, 0.05) is 0 Å². The zero-order chi connectivity index (χ0) is 18.0. The molecule has 0 radical (unpaired) electrons. The predicted octanol–water partition coefficient (Wildman–Crippen LogP) is 5.57. The molecular formula is C21H38O3. The lowest BCUT2D eigenvalue weighted by Gasteiger charge is -2.05. The minimum Gasteiger partial charge on any atom is -0.459 e. The van der Waals surface area contributed by atoms with Crippen LogP contribution >= 0.6 is 0 Å². The van der Waals surface area contributed by atoms with Gasteiger partial charge in [-0.1, -0.05) is 78.1 Å². The van der Waals surface area contributed by atoms with Crippen LogP contribution in [0.3, 0.4) is 0 Å². The van der Waals surface area contributed by atoms with Gasteiger partial charge in [-0.3, -0.25) is 0 Å². The van der Waals surface area contributed by atoms with Gasteiger partial charge in [-0.25, -0.2) is 4.79 Å². The van der Waals surface area contributed by atoms with Crippen LogP contribution in [0.4, 0.5) is 0 Å². The molecule has 1 atom stereocenters. The van der Waals surface area contributed by atoms with Gasteiger partial charge in [-0.05, 0) is 25.3 Å². The molecule has 0 rings (SSSR count). The number of carbonyl (C=O) groups excluding carboxylic acids is 1. The summed E-state index contributed by atoms with van der Waals surface area (Å²) in [7, 11) is 0. The van der Waals surface area contributed by atoms with Crippen LogP contribution < -0.4 is 0 Å². The summed E-state index contributed by atoms with van der Waals surface area (Å²) in [5.41, 5.74) is 3.48. The molecule has 0 saturated carbocycles. The molecule has 0 aliphatic rings. The third-order valence-corrected chi connectivity index (χ3v) is 4.23. The maximum Gasteiger partial charge on any atom is 0.341 e. The van der Waals surface area contributed by atoms with Gasteiger partial charge in [0.15, 0.2) is 0 Å². The summed E-state index contributed by atoms with van der Waals surface area (Å²) in [4.78, 5) is 11.5. The Bertz CT molecular complexity index is 367. The second kappa shape index (κ2) is 16.8. The fourth-order valence-corrected chi connectivity index (χ4v) is 2.61. The van der Waals surface area contributed by atoms with Crippen molar-refractivity contribution in [3.05, 3.63) is 17.4 Å². The highest BCUT2D eigenvalue weighted by atomic mass is 16.5. The third-order valence-electron chi connectivity index (χ3n) is 4.23. The lowest BCUT2D eigenvalue weighted by atomic mass is 10.0. The molecule has 0 aromatic heterocycles. The summed E-state index contributed by atoms with van der Waals surface area (Å²) < 4.78 is 4.84. The molecule has 0 saturated heterocycles. The van der Waals surface area contributed by atoms with Gasteiger partial charge >= 0.3 is 5.97 Å². The Morgan fingerprint density at radius 3 is 2.12 bits per heavy atom. The topological polar surface area (TPSA) is 46.5 Å². The quantitative estimate of drug-likeness (QED) is 0.184. The van der Waals surface area contributed by atoms with Crippen molar-refractivity contribution in [2.24, 2.45) is 5.92 Å². The molecule has 3 heteroatoms. The van der Waals surface area contributed by atoms with E-state index in [1.165, 1.54) is 64.2 Å². The van der Waals surface area contributed by atoms with Gasteiger partial charge in [-0.2, -0.15) is 0 Å². The number of esters is 1. The third kappa shape index (κ3) is 14.5. The Morgan fingerprint density at radius 2 is 1.58 bits per heavy atom. The van der Waals surface area contributed by atoms with Crippen molar-refractivity contribution in [3.63, 3.8) is 0 Å². The number of ether oxygens (including phenoxy) is 1. The molecule has 0 amide bonds. The molecule has 3 nitrogen and oxygen atoms in total. The van der Waals surface area contributed by atoms with Crippen LogP contribution in [0.5, 0.6) is 0 Å². The highest BCUT2D eigenvalue weighted by Crippen LogP contribution is 2.14. The van der Waals surface area contributed by atoms with Crippen LogP contribution in [0.15, 0.2) is 17.4 Å². The highest BCUT2D eigenvalue weighted by Gasteiger charge is 2.04. The zero-order valence-electron chi connectivity index (χ0n) is 16.1. The molecule has 0 aromatic carbocycles. The van der Waals surface area contributed by atoms with Crippen LogP contribution in [-0.2, 0) is 9.53 Å². The molecule has 0 aliphatic carbocycles. The predicted molar refractivity (Wildman–Crippen MR) is 101 cm³/mol. The van der Waals surface area contributed by atoms with Crippen LogP contribution in [0.1, 0.15) is 91.4 Å². The van der Waals surface area contributed by atoms with E-state index in [2.05, 4.69) is 19.6 Å². The van der Waals surface area contributed by atoms with Crippen molar-refractivity contribution in [2.45, 2.75) is 91.4 Å². The number of unbranched alkanes of at least 4 members (excludes halogenated alkanes) is 9. The Kier molecular flexibility index (Phi) is 16.1. The van der Waals surface area contributed by atoms with Crippen molar-refractivity contribution in [2.75, 3.05) is 13.2 Å². The first-order chi connectivity index (χ1) is 11.6. The van der Waals surface area contributed by atoms with Crippen LogP contribution in [0.25, 0.3) is 0 Å². The van der Waals surface area contributed by atoms with Crippen LogP contribution in [-0.4, -0.2) is 24.3 Å². The van der Waals surface area contributed by atoms with E-state index >= 15 is 0 Å². The summed E-state index contributed by atoms with van der Waals surface area (Å²) in [5, 5.41) is 8.62. The maximum atomic E-state index is 11.5. The van der Waals surface area contributed by atoms with Gasteiger partial charge in [0.25, 0.3) is 0 Å². The van der Waals surface area contributed by atoms with E-state index in [1.54, 1.807) is 6.92 Å². The summed E-state index contributed by atoms with van der Waals surface area (Å²) in [6, 6.07) is 0. The molecule has 0 aromatic rings. The summed E-state index contributed by atoms with van der Waals surface area (Å²) in [5.74, 6) is 0.0334. The van der Waals surface area contributed by atoms with E-state index in [9.17, 15) is 4.79 Å². The Hall–Kier alpha value is -1.05. The van der Waals surface area contributed by atoms with Gasteiger partial charge in [-0.15, -0.1) is 5.73 Å². The molecule has 0 heterocycles. The first kappa shape index (κ1) is 22.9. The lowest BCUT2D eigenvalue weighted by molar-refractivity contribution is -0.139. The molecule has 140 valence electrons. The summed E-state index contributed by atoms with van der Waals surface area (Å²) >= 11 is 0. The number of aliphatic hydroxyl groups is 1. The van der Waals surface area contributed by atoms with Gasteiger partial charge in [0.05, 0.1) is 12.2 Å². The van der Waals surface area contributed by atoms with Crippen molar-refractivity contribution in [1.29, 1.82) is 0 Å². The Labute approximate surface area is 149 Å². The van der Waals surface area contributed by atoms with E-state index in [0.29, 0.717) is 11.5 Å². The average molecular weight is 339 g/mol. The van der Waals surface area contributed by atoms with Crippen molar-refractivity contribution in [1.82, 2.24) is 0 Å². The van der Waals surface area contributed by atoms with Crippen LogP contribution in [0.2, 0.25) is 0 Å². The normalized spacial score (nSPS) is 11.7. The van der Waals surface area contributed by atoms with E-state index in [0.717, 1.165) is 6.42 Å². The fraction of sp³-hybridized carbons (Fsp3) is 0.810. The minimum atomic E-state index is -0.397. The van der Waals surface area contributed by atoms with Crippen LogP contribution in [0, 0.1) is 5.92 Å². The van der Waals surface area contributed by atoms with Crippen molar-refractivity contribution >= 4 is 5.97 Å². The maximum absolute atomic E-state index is 11.5. The lowest BCUT2D eigenvalue weighted by Crippen LogP contribution is -2.08. The average Bonchev–Trinajstić information content (AvgIpc) is 2.59. The largest absolute Gasteiger partial charge is 0.459 e. The minimum absolute atomic E-state index is 0.0476. The SMILES string of the molecule is CCCCCCCCCCCCC(C)C=C=C(C)C(=O)OCCO. The number of rotatable bonds is 15. The number of hydrogen-bond acceptors (Lipinski definition) is 3. The number of aliphatic hydroxyl groups excluding tert-OH is 1. The van der Waals surface area contributed by atoms with Gasteiger partial charge in [0.1, 0.15) is 6.61 Å². The van der Waals surface area contributed by atoms with E-state index in [1.807, 2.05) is 6.08 Å². The molecule has 0 bridgehead atoms. The molecule has 24 heavy (non-hydrogen) atoms. The van der Waals surface area contributed by atoms with Crippen molar-refractivity contribution in [3.8, 4) is 0 Å². The molecule has 0 aliphatic heterocycles. The molecule has 0 spiro atoms. The first-order valence-electron chi connectivity index (χ1n) is 9.83. The standard InChI is InChI=1S/C21H38O3/c1-4-5-6-7-8-9-10-11-12-13-14-19(2)15-16-20(3)21(23)24-18-17-22/h15,19,22H,4-14,17-18H2,1-3H3. The monoisotopic (exact) mass is 338 g/mol. The number of carbonyl (C=O) groups is 1. The Balaban J connectivity index is 3.66. The van der Waals surface area contributed by atoms with E-state index < -0.39 is 5.97 Å². The zero-order valence-corrected chi connectivity index (χ0v) is 16.1. The second-order valence-corrected chi connectivity index (χ2v) is 6.74. The Morgan fingerprint density at radius 1 is 1.04 bits per heavy atom. The summed E-state index contributed by atoms with van der Waals surface area (Å²) in [6.07, 6.45) is 16.7. The molecule has 0 fully saturated rings. The van der Waals surface area contributed by atoms with Gasteiger partial charge in [0.2, 0.25) is 0 Å². The first-order valence-corrected chi connectivity index (χ1v) is 9.83. The number of hydrogen-bond donors (Lipinski definition) is 1. The second-order valence-electron chi connectivity index (χ2n) is 6.74.